The van der Waals surface area contributed by atoms with E-state index in [9.17, 15) is 5.11 Å². The lowest BCUT2D eigenvalue weighted by Gasteiger charge is -2.28. The first-order valence-corrected chi connectivity index (χ1v) is 8.33. The number of hydrogen-bond acceptors (Lipinski definition) is 4. The van der Waals surface area contributed by atoms with Crippen molar-refractivity contribution in [1.82, 2.24) is 19.9 Å². The molecule has 5 nitrogen and oxygen atoms in total. The number of aryl methyl sites for hydroxylation is 2. The van der Waals surface area contributed by atoms with Crippen LogP contribution in [-0.2, 0) is 6.54 Å². The molecule has 8 heteroatoms. The summed E-state index contributed by atoms with van der Waals surface area (Å²) < 4.78 is 3.10. The van der Waals surface area contributed by atoms with Crippen molar-refractivity contribution in [2.24, 2.45) is 0 Å². The Labute approximate surface area is 157 Å². The van der Waals surface area contributed by atoms with E-state index in [1.165, 1.54) is 0 Å². The van der Waals surface area contributed by atoms with Crippen LogP contribution < -0.4 is 5.32 Å². The number of hydrogen-bond donors (Lipinski definition) is 2. The fraction of sp³-hybridized carbons (Fsp3) is 0.600. The molecular weight excluding hydrogens is 403 g/mol. The van der Waals surface area contributed by atoms with Gasteiger partial charge in [0, 0.05) is 23.3 Å². The van der Waals surface area contributed by atoms with Crippen LogP contribution in [0.5, 0.6) is 0 Å². The van der Waals surface area contributed by atoms with Gasteiger partial charge in [-0.25, -0.2) is 9.97 Å². The van der Waals surface area contributed by atoms with Gasteiger partial charge in [-0.3, -0.25) is 0 Å². The predicted molar refractivity (Wildman–Crippen MR) is 101 cm³/mol. The number of pyridine rings is 1. The van der Waals surface area contributed by atoms with Crippen molar-refractivity contribution in [3.05, 3.63) is 22.6 Å². The van der Waals surface area contributed by atoms with Crippen LogP contribution in [0.15, 0.2) is 17.0 Å². The first kappa shape index (κ1) is 20.6. The quantitative estimate of drug-likeness (QED) is 0.789. The van der Waals surface area contributed by atoms with Crippen molar-refractivity contribution >= 4 is 51.9 Å². The van der Waals surface area contributed by atoms with Crippen molar-refractivity contribution < 1.29 is 5.11 Å². The zero-order valence-corrected chi connectivity index (χ0v) is 16.3. The maximum absolute atomic E-state index is 9.97. The number of aliphatic hydroxyl groups excluding tert-OH is 1. The molecule has 0 unspecified atom stereocenters. The summed E-state index contributed by atoms with van der Waals surface area (Å²) >= 11 is 3.49. The minimum atomic E-state index is -0.199. The van der Waals surface area contributed by atoms with Gasteiger partial charge in [0.15, 0.2) is 5.65 Å². The Kier molecular flexibility index (Phi) is 8.24. The lowest BCUT2D eigenvalue weighted by Crippen LogP contribution is -2.44. The third-order valence-corrected chi connectivity index (χ3v) is 5.09. The highest BCUT2D eigenvalue weighted by molar-refractivity contribution is 9.10. The van der Waals surface area contributed by atoms with Crippen molar-refractivity contribution in [3.8, 4) is 0 Å². The lowest BCUT2D eigenvalue weighted by molar-refractivity contribution is 0.0909. The SMILES string of the molecule is Cc1c(Br)cnc2c1ncn2CCC[C@H]1NCCC[C@@H]1O.Cl.Cl. The van der Waals surface area contributed by atoms with E-state index in [2.05, 4.69) is 35.8 Å². The number of nitrogens with one attached hydrogen (secondary N) is 1. The Bertz CT molecular complexity index is 637. The number of nitrogens with zero attached hydrogens (tertiary/aromatic N) is 3. The minimum Gasteiger partial charge on any atom is -0.392 e. The van der Waals surface area contributed by atoms with Crippen LogP contribution in [0.1, 0.15) is 31.2 Å². The van der Waals surface area contributed by atoms with E-state index < -0.39 is 0 Å². The average Bonchev–Trinajstić information content (AvgIpc) is 2.89. The molecule has 0 spiro atoms. The molecule has 2 aromatic heterocycles. The van der Waals surface area contributed by atoms with Crippen molar-refractivity contribution in [2.75, 3.05) is 6.54 Å². The highest BCUT2D eigenvalue weighted by atomic mass is 79.9. The van der Waals surface area contributed by atoms with E-state index in [0.29, 0.717) is 0 Å². The largest absolute Gasteiger partial charge is 0.392 e. The second-order valence-electron chi connectivity index (χ2n) is 5.75. The molecule has 2 aromatic rings. The molecule has 0 saturated carbocycles. The van der Waals surface area contributed by atoms with Gasteiger partial charge in [-0.05, 0) is 60.6 Å². The number of aliphatic hydroxyl groups is 1. The standard InChI is InChI=1S/C15H21BrN4O.2ClH/c1-10-11(16)8-18-15-14(10)19-9-20(15)7-3-4-12-13(21)5-2-6-17-12;;/h8-9,12-13,17,21H,2-7H2,1H3;2*1H/t12-,13+;;/m1../s1. The summed E-state index contributed by atoms with van der Waals surface area (Å²) in [6.45, 7) is 3.95. The third kappa shape index (κ3) is 4.57. The van der Waals surface area contributed by atoms with E-state index in [1.807, 2.05) is 19.4 Å². The summed E-state index contributed by atoms with van der Waals surface area (Å²) in [7, 11) is 0. The Morgan fingerprint density at radius 1 is 1.39 bits per heavy atom. The van der Waals surface area contributed by atoms with Gasteiger partial charge in [0.1, 0.15) is 5.52 Å². The maximum Gasteiger partial charge on any atom is 0.160 e. The van der Waals surface area contributed by atoms with Gasteiger partial charge < -0.3 is 15.0 Å². The van der Waals surface area contributed by atoms with E-state index in [0.717, 1.165) is 60.0 Å². The number of halogens is 3. The van der Waals surface area contributed by atoms with Crippen molar-refractivity contribution in [2.45, 2.75) is 51.3 Å². The van der Waals surface area contributed by atoms with Crippen LogP contribution >= 0.6 is 40.7 Å². The maximum atomic E-state index is 9.97. The summed E-state index contributed by atoms with van der Waals surface area (Å²) in [5.74, 6) is 0. The van der Waals surface area contributed by atoms with Crippen LogP contribution in [0.4, 0.5) is 0 Å². The predicted octanol–water partition coefficient (Wildman–Crippen LogP) is 3.24. The molecule has 1 saturated heterocycles. The first-order chi connectivity index (χ1) is 10.2. The highest BCUT2D eigenvalue weighted by Crippen LogP contribution is 2.23. The number of imidazole rings is 1. The van der Waals surface area contributed by atoms with Crippen molar-refractivity contribution in [1.29, 1.82) is 0 Å². The molecule has 1 aliphatic heterocycles. The van der Waals surface area contributed by atoms with E-state index in [-0.39, 0.29) is 37.0 Å². The summed E-state index contributed by atoms with van der Waals surface area (Å²) in [4.78, 5) is 8.94. The van der Waals surface area contributed by atoms with Crippen molar-refractivity contribution in [3.63, 3.8) is 0 Å². The Morgan fingerprint density at radius 2 is 2.17 bits per heavy atom. The summed E-state index contributed by atoms with van der Waals surface area (Å²) in [6, 6.07) is 0.234. The molecule has 3 rings (SSSR count). The first-order valence-electron chi connectivity index (χ1n) is 7.54. The fourth-order valence-electron chi connectivity index (χ4n) is 2.98. The molecule has 0 aliphatic carbocycles. The molecular formula is C15H23BrCl2N4O. The van der Waals surface area contributed by atoms with E-state index in [4.69, 9.17) is 0 Å². The summed E-state index contributed by atoms with van der Waals surface area (Å²) in [6.07, 6.45) is 7.48. The summed E-state index contributed by atoms with van der Waals surface area (Å²) in [5, 5.41) is 13.4. The Morgan fingerprint density at radius 3 is 2.91 bits per heavy atom. The smallest absolute Gasteiger partial charge is 0.160 e. The molecule has 1 aliphatic rings. The van der Waals surface area contributed by atoms with Gasteiger partial charge in [-0.15, -0.1) is 24.8 Å². The second kappa shape index (κ2) is 9.18. The normalized spacial score (nSPS) is 20.8. The molecule has 3 heterocycles. The van der Waals surface area contributed by atoms with Crippen LogP contribution in [0.3, 0.4) is 0 Å². The molecule has 2 atom stereocenters. The van der Waals surface area contributed by atoms with Gasteiger partial charge in [-0.2, -0.15) is 0 Å². The second-order valence-corrected chi connectivity index (χ2v) is 6.61. The number of aromatic nitrogens is 3. The molecule has 23 heavy (non-hydrogen) atoms. The number of fused-ring (bicyclic) bond motifs is 1. The van der Waals surface area contributed by atoms with Crippen LogP contribution in [-0.4, -0.2) is 38.3 Å². The van der Waals surface area contributed by atoms with E-state index in [1.54, 1.807) is 0 Å². The molecule has 0 radical (unpaired) electrons. The zero-order valence-electron chi connectivity index (χ0n) is 13.0. The van der Waals surface area contributed by atoms with Crippen LogP contribution in [0.2, 0.25) is 0 Å². The minimum absolute atomic E-state index is 0. The fourth-order valence-corrected chi connectivity index (χ4v) is 3.27. The highest BCUT2D eigenvalue weighted by Gasteiger charge is 2.21. The van der Waals surface area contributed by atoms with Gasteiger partial charge in [0.25, 0.3) is 0 Å². The Hall–Kier alpha value is -0.400. The monoisotopic (exact) mass is 424 g/mol. The lowest BCUT2D eigenvalue weighted by atomic mass is 9.97. The molecule has 1 fully saturated rings. The van der Waals surface area contributed by atoms with Gasteiger partial charge in [-0.1, -0.05) is 0 Å². The number of rotatable bonds is 4. The number of piperidine rings is 1. The topological polar surface area (TPSA) is 63.0 Å². The molecule has 0 amide bonds. The Balaban J connectivity index is 0.00000132. The van der Waals surface area contributed by atoms with Crippen LogP contribution in [0, 0.1) is 6.92 Å². The third-order valence-electron chi connectivity index (χ3n) is 4.29. The molecule has 2 N–H and O–H groups in total. The average molecular weight is 426 g/mol. The molecule has 130 valence electrons. The zero-order chi connectivity index (χ0) is 14.8. The van der Waals surface area contributed by atoms with Gasteiger partial charge in [0.05, 0.1) is 12.4 Å². The van der Waals surface area contributed by atoms with Crippen LogP contribution in [0.25, 0.3) is 11.2 Å². The summed E-state index contributed by atoms with van der Waals surface area (Å²) in [5.41, 5.74) is 3.02. The molecule has 0 bridgehead atoms. The van der Waals surface area contributed by atoms with E-state index >= 15 is 0 Å². The van der Waals surface area contributed by atoms with Gasteiger partial charge >= 0.3 is 0 Å². The van der Waals surface area contributed by atoms with Gasteiger partial charge in [0.2, 0.25) is 0 Å². The molecule has 0 aromatic carbocycles.